The van der Waals surface area contributed by atoms with Gasteiger partial charge >= 0.3 is 12.1 Å². The summed E-state index contributed by atoms with van der Waals surface area (Å²) in [7, 11) is 5.11. The van der Waals surface area contributed by atoms with Crippen LogP contribution in [0.15, 0.2) is 18.2 Å². The first-order valence-corrected chi connectivity index (χ1v) is 7.81. The Bertz CT molecular complexity index is 588. The number of rotatable bonds is 5. The largest absolute Gasteiger partial charge is 0.469 e. The fourth-order valence-corrected chi connectivity index (χ4v) is 2.74. The highest BCUT2D eigenvalue weighted by atomic mass is 16.6. The molecule has 23 heavy (non-hydrogen) atoms. The van der Waals surface area contributed by atoms with Crippen LogP contribution in [-0.4, -0.2) is 51.3 Å². The molecular weight excluding hydrogens is 296 g/mol. The van der Waals surface area contributed by atoms with Crippen LogP contribution in [0.2, 0.25) is 0 Å². The molecule has 0 aliphatic carbocycles. The number of methoxy groups -OCH3 is 1. The number of likely N-dealkylation sites (N-methyl/N-ethyl adjacent to an activating group) is 1. The summed E-state index contributed by atoms with van der Waals surface area (Å²) < 4.78 is 10.1. The Morgan fingerprint density at radius 2 is 2.13 bits per heavy atom. The Kier molecular flexibility index (Phi) is 5.47. The number of esters is 1. The van der Waals surface area contributed by atoms with E-state index in [2.05, 4.69) is 4.90 Å². The summed E-state index contributed by atoms with van der Waals surface area (Å²) in [5.41, 5.74) is 2.23. The minimum absolute atomic E-state index is 0.186. The van der Waals surface area contributed by atoms with Crippen LogP contribution < -0.4 is 9.64 Å². The lowest BCUT2D eigenvalue weighted by atomic mass is 9.96. The van der Waals surface area contributed by atoms with Crippen molar-refractivity contribution < 1.29 is 19.1 Å². The van der Waals surface area contributed by atoms with Crippen LogP contribution in [0.25, 0.3) is 0 Å². The smallest absolute Gasteiger partial charge is 0.414 e. The van der Waals surface area contributed by atoms with Gasteiger partial charge in [0.05, 0.1) is 7.11 Å². The topological polar surface area (TPSA) is 59.1 Å². The van der Waals surface area contributed by atoms with Gasteiger partial charge in [-0.1, -0.05) is 6.07 Å². The quantitative estimate of drug-likeness (QED) is 0.781. The summed E-state index contributed by atoms with van der Waals surface area (Å²) in [6.45, 7) is 3.33. The summed E-state index contributed by atoms with van der Waals surface area (Å²) in [6, 6.07) is 5.68. The molecule has 6 heteroatoms. The van der Waals surface area contributed by atoms with E-state index in [4.69, 9.17) is 9.47 Å². The Morgan fingerprint density at radius 1 is 1.39 bits per heavy atom. The Balaban J connectivity index is 2.09. The molecule has 1 atom stereocenters. The predicted octanol–water partition coefficient (Wildman–Crippen LogP) is 2.62. The van der Waals surface area contributed by atoms with Crippen molar-refractivity contribution in [3.8, 4) is 5.75 Å². The van der Waals surface area contributed by atoms with Crippen molar-refractivity contribution in [1.82, 2.24) is 4.90 Å². The molecule has 1 aromatic rings. The number of amides is 1. The molecule has 1 aliphatic heterocycles. The van der Waals surface area contributed by atoms with E-state index in [1.807, 2.05) is 32.2 Å². The van der Waals surface area contributed by atoms with E-state index in [0.717, 1.165) is 18.7 Å². The Morgan fingerprint density at radius 3 is 2.78 bits per heavy atom. The third kappa shape index (κ3) is 3.94. The van der Waals surface area contributed by atoms with Gasteiger partial charge in [0.15, 0.2) is 0 Å². The van der Waals surface area contributed by atoms with E-state index in [1.54, 1.807) is 7.05 Å². The number of hydrogen-bond donors (Lipinski definition) is 0. The van der Waals surface area contributed by atoms with Crippen molar-refractivity contribution in [2.75, 3.05) is 39.2 Å². The van der Waals surface area contributed by atoms with Gasteiger partial charge in [-0.3, -0.25) is 4.79 Å². The molecule has 0 fully saturated rings. The number of benzene rings is 1. The van der Waals surface area contributed by atoms with Crippen LogP contribution in [0.5, 0.6) is 5.75 Å². The second-order valence-corrected chi connectivity index (χ2v) is 5.80. The number of anilines is 1. The van der Waals surface area contributed by atoms with E-state index >= 15 is 0 Å². The molecule has 0 bridgehead atoms. The van der Waals surface area contributed by atoms with Crippen molar-refractivity contribution in [3.63, 3.8) is 0 Å². The third-order valence-electron chi connectivity index (χ3n) is 4.26. The maximum atomic E-state index is 11.8. The van der Waals surface area contributed by atoms with Crippen molar-refractivity contribution in [1.29, 1.82) is 0 Å². The summed E-state index contributed by atoms with van der Waals surface area (Å²) >= 11 is 0. The first-order chi connectivity index (χ1) is 11.0. The summed E-state index contributed by atoms with van der Waals surface area (Å²) in [5.74, 6) is 0.640. The van der Waals surface area contributed by atoms with Crippen molar-refractivity contribution in [3.05, 3.63) is 23.8 Å². The molecule has 0 saturated heterocycles. The zero-order valence-electron chi connectivity index (χ0n) is 14.2. The number of ether oxygens (including phenoxy) is 2. The number of carbonyl (C=O) groups is 2. The molecule has 2 rings (SSSR count). The number of nitrogens with zero attached hydrogens (tertiary/aromatic N) is 2. The number of carbonyl (C=O) groups excluding carboxylic acids is 2. The van der Waals surface area contributed by atoms with Gasteiger partial charge in [0.2, 0.25) is 0 Å². The molecule has 1 aromatic carbocycles. The van der Waals surface area contributed by atoms with Crippen LogP contribution in [0.4, 0.5) is 10.5 Å². The second kappa shape index (κ2) is 7.35. The van der Waals surface area contributed by atoms with E-state index in [9.17, 15) is 9.59 Å². The predicted molar refractivity (Wildman–Crippen MR) is 88.0 cm³/mol. The fraction of sp³-hybridized carbons (Fsp3) is 0.529. The Hall–Kier alpha value is -2.24. The van der Waals surface area contributed by atoms with Crippen LogP contribution in [-0.2, 0) is 9.53 Å². The van der Waals surface area contributed by atoms with E-state index in [-0.39, 0.29) is 18.0 Å². The molecule has 1 unspecified atom stereocenters. The van der Waals surface area contributed by atoms with Crippen molar-refractivity contribution in [2.45, 2.75) is 25.7 Å². The third-order valence-corrected chi connectivity index (χ3v) is 4.26. The zero-order chi connectivity index (χ0) is 17.0. The minimum Gasteiger partial charge on any atom is -0.469 e. The van der Waals surface area contributed by atoms with E-state index < -0.39 is 0 Å². The van der Waals surface area contributed by atoms with Gasteiger partial charge in [-0.05, 0) is 25.0 Å². The van der Waals surface area contributed by atoms with Gasteiger partial charge in [-0.25, -0.2) is 4.79 Å². The normalized spacial score (nSPS) is 16.0. The SMILES string of the molecule is CCN(C)C(=O)Oc1ccc2c(c1)N(C)CC2CCC(=O)OC. The van der Waals surface area contributed by atoms with Gasteiger partial charge in [0.25, 0.3) is 0 Å². The zero-order valence-corrected chi connectivity index (χ0v) is 14.2. The average molecular weight is 320 g/mol. The van der Waals surface area contributed by atoms with Crippen LogP contribution in [0, 0.1) is 0 Å². The standard InChI is InChI=1S/C17H24N2O4/c1-5-18(2)17(21)23-13-7-8-14-12(6-9-16(20)22-4)11-19(3)15(14)10-13/h7-8,10,12H,5-6,9,11H2,1-4H3. The van der Waals surface area contributed by atoms with Crippen molar-refractivity contribution in [2.24, 2.45) is 0 Å². The molecule has 0 radical (unpaired) electrons. The molecule has 0 N–H and O–H groups in total. The summed E-state index contributed by atoms with van der Waals surface area (Å²) in [4.78, 5) is 26.8. The van der Waals surface area contributed by atoms with Gasteiger partial charge in [0, 0.05) is 51.3 Å². The number of hydrogen-bond acceptors (Lipinski definition) is 5. The summed E-state index contributed by atoms with van der Waals surface area (Å²) in [6.07, 6.45) is 0.795. The molecule has 0 aromatic heterocycles. The van der Waals surface area contributed by atoms with E-state index in [0.29, 0.717) is 18.7 Å². The molecule has 1 aliphatic rings. The van der Waals surface area contributed by atoms with Gasteiger partial charge < -0.3 is 19.3 Å². The molecule has 1 amide bonds. The average Bonchev–Trinajstić information content (AvgIpc) is 2.87. The van der Waals surface area contributed by atoms with Crippen LogP contribution in [0.3, 0.4) is 0 Å². The summed E-state index contributed by atoms with van der Waals surface area (Å²) in [5, 5.41) is 0. The lowest BCUT2D eigenvalue weighted by Crippen LogP contribution is -2.29. The molecule has 1 heterocycles. The first kappa shape index (κ1) is 17.1. The highest BCUT2D eigenvalue weighted by molar-refractivity contribution is 5.72. The second-order valence-electron chi connectivity index (χ2n) is 5.80. The molecule has 0 saturated carbocycles. The lowest BCUT2D eigenvalue weighted by Gasteiger charge is -2.16. The molecule has 6 nitrogen and oxygen atoms in total. The van der Waals surface area contributed by atoms with Crippen LogP contribution >= 0.6 is 0 Å². The lowest BCUT2D eigenvalue weighted by molar-refractivity contribution is -0.140. The van der Waals surface area contributed by atoms with Gasteiger partial charge in [-0.15, -0.1) is 0 Å². The van der Waals surface area contributed by atoms with Crippen LogP contribution in [0.1, 0.15) is 31.2 Å². The minimum atomic E-state index is -0.365. The fourth-order valence-electron chi connectivity index (χ4n) is 2.74. The Labute approximate surface area is 137 Å². The highest BCUT2D eigenvalue weighted by Crippen LogP contribution is 2.40. The maximum Gasteiger partial charge on any atom is 0.414 e. The molecule has 126 valence electrons. The highest BCUT2D eigenvalue weighted by Gasteiger charge is 2.27. The maximum absolute atomic E-state index is 11.8. The van der Waals surface area contributed by atoms with Gasteiger partial charge in [0.1, 0.15) is 5.75 Å². The van der Waals surface area contributed by atoms with Crippen molar-refractivity contribution >= 4 is 17.7 Å². The molecular formula is C17H24N2O4. The number of fused-ring (bicyclic) bond motifs is 1. The van der Waals surface area contributed by atoms with Gasteiger partial charge in [-0.2, -0.15) is 0 Å². The first-order valence-electron chi connectivity index (χ1n) is 7.81. The van der Waals surface area contributed by atoms with E-state index in [1.165, 1.54) is 17.6 Å². The molecule has 0 spiro atoms. The monoisotopic (exact) mass is 320 g/mol.